The molecule has 0 aromatic heterocycles. The maximum atomic E-state index is 6.14. The van der Waals surface area contributed by atoms with Crippen molar-refractivity contribution in [2.45, 2.75) is 51.7 Å². The van der Waals surface area contributed by atoms with Crippen LogP contribution in [0.4, 0.5) is 0 Å². The first-order chi connectivity index (χ1) is 13.9. The van der Waals surface area contributed by atoms with Crippen molar-refractivity contribution in [2.75, 3.05) is 26.4 Å². The van der Waals surface area contributed by atoms with E-state index in [2.05, 4.69) is 76.2 Å². The fourth-order valence-corrected chi connectivity index (χ4v) is 4.05. The topological polar surface area (TPSA) is 34.3 Å². The Hall–Kier alpha value is -1.68. The summed E-state index contributed by atoms with van der Waals surface area (Å²) in [5.74, 6) is 1.34. The molecular weight excluding hydrogens is 360 g/mol. The lowest BCUT2D eigenvalue weighted by Gasteiger charge is -2.17. The van der Waals surface area contributed by atoms with Crippen molar-refractivity contribution >= 4 is 0 Å². The Kier molecular flexibility index (Phi) is 5.83. The number of hydrogen-bond acceptors (Lipinski definition) is 3. The van der Waals surface area contributed by atoms with Crippen molar-refractivity contribution in [2.24, 2.45) is 11.8 Å². The minimum absolute atomic E-state index is 0.270. The number of benzene rings is 2. The molecular formula is C26H34O3. The van der Waals surface area contributed by atoms with Crippen LogP contribution in [0.25, 0.3) is 0 Å². The molecule has 2 heterocycles. The van der Waals surface area contributed by atoms with Crippen LogP contribution in [0, 0.1) is 11.8 Å². The van der Waals surface area contributed by atoms with Crippen molar-refractivity contribution in [1.29, 1.82) is 0 Å². The Morgan fingerprint density at radius 3 is 1.31 bits per heavy atom. The van der Waals surface area contributed by atoms with Crippen LogP contribution >= 0.6 is 0 Å². The number of epoxide rings is 2. The smallest absolute Gasteiger partial charge is 0.140 e. The van der Waals surface area contributed by atoms with Crippen LogP contribution in [0.1, 0.15) is 49.9 Å². The van der Waals surface area contributed by atoms with Crippen LogP contribution in [-0.2, 0) is 38.3 Å². The van der Waals surface area contributed by atoms with Crippen molar-refractivity contribution in [3.05, 3.63) is 70.8 Å². The summed E-state index contributed by atoms with van der Waals surface area (Å²) in [6.07, 6.45) is 2.22. The first-order valence-corrected chi connectivity index (χ1v) is 11.0. The van der Waals surface area contributed by atoms with E-state index in [-0.39, 0.29) is 11.2 Å². The SMILES string of the molecule is CC(C)Cc1ccc(C2(COCC3(c4ccc(CC(C)C)cc4)CO3)CO2)cc1. The molecule has 0 saturated carbocycles. The van der Waals surface area contributed by atoms with Gasteiger partial charge in [0.15, 0.2) is 0 Å². The molecule has 2 saturated heterocycles. The van der Waals surface area contributed by atoms with Crippen molar-refractivity contribution in [1.82, 2.24) is 0 Å². The first-order valence-electron chi connectivity index (χ1n) is 11.0. The van der Waals surface area contributed by atoms with E-state index in [9.17, 15) is 0 Å². The fourth-order valence-electron chi connectivity index (χ4n) is 4.05. The monoisotopic (exact) mass is 394 g/mol. The zero-order valence-electron chi connectivity index (χ0n) is 18.2. The lowest BCUT2D eigenvalue weighted by Crippen LogP contribution is -2.23. The standard InChI is InChI=1S/C26H34O3/c1-19(2)13-21-5-9-23(10-6-21)25(17-28-25)15-27-16-26(18-29-26)24-11-7-22(8-12-24)14-20(3)4/h5-12,19-20H,13-18H2,1-4H3. The largest absolute Gasteiger partial charge is 0.375 e. The molecule has 4 rings (SSSR count). The lowest BCUT2D eigenvalue weighted by molar-refractivity contribution is 0.0403. The van der Waals surface area contributed by atoms with Gasteiger partial charge in [0.1, 0.15) is 11.2 Å². The summed E-state index contributed by atoms with van der Waals surface area (Å²) < 4.78 is 17.8. The van der Waals surface area contributed by atoms with Gasteiger partial charge in [-0.25, -0.2) is 0 Å². The van der Waals surface area contributed by atoms with Gasteiger partial charge >= 0.3 is 0 Å². The second-order valence-electron chi connectivity index (χ2n) is 9.65. The second-order valence-corrected chi connectivity index (χ2v) is 9.65. The molecule has 2 aromatic carbocycles. The molecule has 2 fully saturated rings. The molecule has 2 aromatic rings. The minimum Gasteiger partial charge on any atom is -0.375 e. The van der Waals surface area contributed by atoms with E-state index in [1.54, 1.807) is 0 Å². The van der Waals surface area contributed by atoms with Crippen LogP contribution in [0.2, 0.25) is 0 Å². The van der Waals surface area contributed by atoms with E-state index in [1.165, 1.54) is 22.3 Å². The third-order valence-corrected chi connectivity index (χ3v) is 5.90. The molecule has 3 nitrogen and oxygen atoms in total. The molecule has 2 unspecified atom stereocenters. The fraction of sp³-hybridized carbons (Fsp3) is 0.538. The number of ether oxygens (including phenoxy) is 3. The Balaban J connectivity index is 1.32. The summed E-state index contributed by atoms with van der Waals surface area (Å²) in [6.45, 7) is 11.6. The van der Waals surface area contributed by atoms with Gasteiger partial charge in [0.2, 0.25) is 0 Å². The second kappa shape index (κ2) is 8.22. The van der Waals surface area contributed by atoms with Crippen LogP contribution < -0.4 is 0 Å². The van der Waals surface area contributed by atoms with Gasteiger partial charge in [0, 0.05) is 0 Å². The third-order valence-electron chi connectivity index (χ3n) is 5.90. The molecule has 3 heteroatoms. The summed E-state index contributed by atoms with van der Waals surface area (Å²) >= 11 is 0. The van der Waals surface area contributed by atoms with Gasteiger partial charge in [-0.05, 0) is 46.9 Å². The number of rotatable bonds is 10. The Morgan fingerprint density at radius 2 is 1.03 bits per heavy atom. The average molecular weight is 395 g/mol. The van der Waals surface area contributed by atoms with E-state index in [4.69, 9.17) is 14.2 Å². The Morgan fingerprint density at radius 1 is 0.690 bits per heavy atom. The summed E-state index contributed by atoms with van der Waals surface area (Å²) in [7, 11) is 0. The zero-order chi connectivity index (χ0) is 20.5. The van der Waals surface area contributed by atoms with Gasteiger partial charge < -0.3 is 14.2 Å². The Bertz CT molecular complexity index is 727. The van der Waals surface area contributed by atoms with Gasteiger partial charge in [0.05, 0.1) is 26.4 Å². The Labute approximate surface area is 175 Å². The van der Waals surface area contributed by atoms with Gasteiger partial charge in [0.25, 0.3) is 0 Å². The molecule has 0 amide bonds. The van der Waals surface area contributed by atoms with Gasteiger partial charge in [-0.1, -0.05) is 76.2 Å². The van der Waals surface area contributed by atoms with E-state index in [0.717, 1.165) is 26.1 Å². The molecule has 0 radical (unpaired) electrons. The summed E-state index contributed by atoms with van der Waals surface area (Å²) in [4.78, 5) is 0. The van der Waals surface area contributed by atoms with E-state index in [0.29, 0.717) is 25.0 Å². The van der Waals surface area contributed by atoms with Crippen molar-refractivity contribution in [3.8, 4) is 0 Å². The predicted molar refractivity (Wildman–Crippen MR) is 116 cm³/mol. The molecule has 2 aliphatic heterocycles. The molecule has 29 heavy (non-hydrogen) atoms. The maximum absolute atomic E-state index is 6.14. The molecule has 0 N–H and O–H groups in total. The molecule has 0 aliphatic carbocycles. The highest BCUT2D eigenvalue weighted by Crippen LogP contribution is 2.42. The quantitative estimate of drug-likeness (QED) is 0.516. The first kappa shape index (κ1) is 20.6. The third kappa shape index (κ3) is 4.91. The summed E-state index contributed by atoms with van der Waals surface area (Å²) in [6, 6.07) is 17.7. The normalized spacial score (nSPS) is 25.6. The summed E-state index contributed by atoms with van der Waals surface area (Å²) in [5.41, 5.74) is 4.65. The minimum atomic E-state index is -0.270. The highest BCUT2D eigenvalue weighted by Gasteiger charge is 2.50. The molecule has 156 valence electrons. The van der Waals surface area contributed by atoms with Gasteiger partial charge in [-0.15, -0.1) is 0 Å². The van der Waals surface area contributed by atoms with Crippen LogP contribution in [0.5, 0.6) is 0 Å². The maximum Gasteiger partial charge on any atom is 0.140 e. The van der Waals surface area contributed by atoms with E-state index in [1.807, 2.05) is 0 Å². The molecule has 2 atom stereocenters. The molecule has 2 aliphatic rings. The summed E-state index contributed by atoms with van der Waals surface area (Å²) in [5, 5.41) is 0. The number of hydrogen-bond donors (Lipinski definition) is 0. The van der Waals surface area contributed by atoms with Gasteiger partial charge in [-0.3, -0.25) is 0 Å². The van der Waals surface area contributed by atoms with Gasteiger partial charge in [-0.2, -0.15) is 0 Å². The molecule has 0 spiro atoms. The van der Waals surface area contributed by atoms with Crippen LogP contribution in [0.15, 0.2) is 48.5 Å². The van der Waals surface area contributed by atoms with Crippen molar-refractivity contribution < 1.29 is 14.2 Å². The zero-order valence-corrected chi connectivity index (χ0v) is 18.2. The van der Waals surface area contributed by atoms with Crippen LogP contribution in [-0.4, -0.2) is 26.4 Å². The average Bonchev–Trinajstić information content (AvgIpc) is 3.59. The van der Waals surface area contributed by atoms with E-state index >= 15 is 0 Å². The molecule has 0 bridgehead atoms. The highest BCUT2D eigenvalue weighted by atomic mass is 16.6. The van der Waals surface area contributed by atoms with Crippen LogP contribution in [0.3, 0.4) is 0 Å². The van der Waals surface area contributed by atoms with E-state index < -0.39 is 0 Å². The highest BCUT2D eigenvalue weighted by molar-refractivity contribution is 5.32. The van der Waals surface area contributed by atoms with Crippen molar-refractivity contribution in [3.63, 3.8) is 0 Å². The lowest BCUT2D eigenvalue weighted by atomic mass is 9.96. The predicted octanol–water partition coefficient (Wildman–Crippen LogP) is 5.25.